The van der Waals surface area contributed by atoms with E-state index in [4.69, 9.17) is 9.72 Å². The minimum absolute atomic E-state index is 0.505. The molecule has 4 aromatic rings. The van der Waals surface area contributed by atoms with Gasteiger partial charge in [-0.15, -0.1) is 0 Å². The van der Waals surface area contributed by atoms with Crippen LogP contribution in [0.3, 0.4) is 0 Å². The van der Waals surface area contributed by atoms with Crippen molar-refractivity contribution in [1.82, 2.24) is 9.55 Å². The van der Waals surface area contributed by atoms with Crippen LogP contribution in [0, 0.1) is 12.8 Å². The van der Waals surface area contributed by atoms with Gasteiger partial charge in [-0.05, 0) is 54.9 Å². The molecule has 5 rings (SSSR count). The van der Waals surface area contributed by atoms with Gasteiger partial charge in [0.15, 0.2) is 0 Å². The largest absolute Gasteiger partial charge is 0.501 e. The molecule has 1 unspecified atom stereocenters. The van der Waals surface area contributed by atoms with Gasteiger partial charge in [-0.2, -0.15) is 0 Å². The Kier molecular flexibility index (Phi) is 6.35. The second kappa shape index (κ2) is 9.72. The number of allylic oxidation sites excluding steroid dienone is 2. The molecule has 0 spiro atoms. The number of aromatic nitrogens is 2. The van der Waals surface area contributed by atoms with Crippen LogP contribution in [0.5, 0.6) is 0 Å². The van der Waals surface area contributed by atoms with E-state index in [1.54, 1.807) is 7.11 Å². The van der Waals surface area contributed by atoms with E-state index >= 15 is 0 Å². The van der Waals surface area contributed by atoms with Crippen molar-refractivity contribution in [2.75, 3.05) is 7.11 Å². The zero-order valence-electron chi connectivity index (χ0n) is 20.0. The molecule has 0 bridgehead atoms. The summed E-state index contributed by atoms with van der Waals surface area (Å²) in [6, 6.07) is 32.4. The van der Waals surface area contributed by atoms with Crippen LogP contribution in [0.4, 0.5) is 0 Å². The van der Waals surface area contributed by atoms with Crippen molar-refractivity contribution in [3.8, 4) is 0 Å². The number of ether oxygens (including phenoxy) is 1. The van der Waals surface area contributed by atoms with Gasteiger partial charge in [0.05, 0.1) is 24.9 Å². The van der Waals surface area contributed by atoms with Crippen molar-refractivity contribution >= 4 is 0 Å². The summed E-state index contributed by atoms with van der Waals surface area (Å²) in [5, 5.41) is 0. The van der Waals surface area contributed by atoms with Gasteiger partial charge in [0.25, 0.3) is 0 Å². The zero-order valence-corrected chi connectivity index (χ0v) is 20.0. The molecule has 1 atom stereocenters. The number of nitrogens with zero attached hydrogens (tertiary/aromatic N) is 2. The first kappa shape index (κ1) is 22.2. The molecular formula is C31H32N2O. The number of benzene rings is 3. The van der Waals surface area contributed by atoms with E-state index in [9.17, 15) is 0 Å². The van der Waals surface area contributed by atoms with Crippen molar-refractivity contribution in [2.45, 2.75) is 38.1 Å². The highest BCUT2D eigenvalue weighted by Crippen LogP contribution is 2.42. The first-order valence-corrected chi connectivity index (χ1v) is 12.2. The average Bonchev–Trinajstić information content (AvgIpc) is 3.27. The lowest BCUT2D eigenvalue weighted by Crippen LogP contribution is -2.38. The van der Waals surface area contributed by atoms with Crippen LogP contribution < -0.4 is 0 Å². The highest BCUT2D eigenvalue weighted by molar-refractivity contribution is 5.51. The Hall–Kier alpha value is -3.59. The second-order valence-corrected chi connectivity index (χ2v) is 9.17. The summed E-state index contributed by atoms with van der Waals surface area (Å²) in [6.45, 7) is 2.23. The lowest BCUT2D eigenvalue weighted by Gasteiger charge is -2.38. The third-order valence-corrected chi connectivity index (χ3v) is 7.27. The molecule has 0 N–H and O–H groups in total. The fraction of sp³-hybridized carbons (Fsp3) is 0.258. The Morgan fingerprint density at radius 2 is 1.38 bits per heavy atom. The fourth-order valence-electron chi connectivity index (χ4n) is 5.45. The van der Waals surface area contributed by atoms with Gasteiger partial charge in [-0.25, -0.2) is 4.98 Å². The molecule has 1 heterocycles. The maximum atomic E-state index is 5.45. The number of hydrogen-bond acceptors (Lipinski definition) is 2. The van der Waals surface area contributed by atoms with E-state index in [0.29, 0.717) is 5.92 Å². The zero-order chi connectivity index (χ0) is 23.4. The van der Waals surface area contributed by atoms with Gasteiger partial charge in [-0.1, -0.05) is 91.0 Å². The van der Waals surface area contributed by atoms with Crippen LogP contribution in [-0.2, 0) is 16.7 Å². The molecule has 3 nitrogen and oxygen atoms in total. The Labute approximate surface area is 202 Å². The summed E-state index contributed by atoms with van der Waals surface area (Å²) in [6.07, 6.45) is 8.51. The van der Waals surface area contributed by atoms with Crippen LogP contribution >= 0.6 is 0 Å². The van der Waals surface area contributed by atoms with Crippen LogP contribution in [0.15, 0.2) is 109 Å². The van der Waals surface area contributed by atoms with Crippen LogP contribution in [-0.4, -0.2) is 16.7 Å². The van der Waals surface area contributed by atoms with E-state index in [2.05, 4.69) is 115 Å². The first-order valence-electron chi connectivity index (χ1n) is 12.2. The van der Waals surface area contributed by atoms with Crippen molar-refractivity contribution < 1.29 is 4.74 Å². The molecule has 1 aliphatic carbocycles. The van der Waals surface area contributed by atoms with E-state index < -0.39 is 5.54 Å². The fourth-order valence-corrected chi connectivity index (χ4v) is 5.45. The SMILES string of the molecule is COC1=CCC(Cc2ncn(C(c3ccccc3)(c3ccccc3)c3ccccc3)c2C)CC1. The highest BCUT2D eigenvalue weighted by Gasteiger charge is 2.39. The van der Waals surface area contributed by atoms with E-state index in [-0.39, 0.29) is 0 Å². The second-order valence-electron chi connectivity index (χ2n) is 9.17. The molecular weight excluding hydrogens is 416 g/mol. The van der Waals surface area contributed by atoms with Crippen molar-refractivity contribution in [1.29, 1.82) is 0 Å². The van der Waals surface area contributed by atoms with Gasteiger partial charge < -0.3 is 9.30 Å². The van der Waals surface area contributed by atoms with Crippen LogP contribution in [0.2, 0.25) is 0 Å². The molecule has 1 aromatic heterocycles. The van der Waals surface area contributed by atoms with Gasteiger partial charge in [0.1, 0.15) is 5.54 Å². The standard InChI is InChI=1S/C31H32N2O/c1-24-30(22-25-18-20-29(34-2)21-19-25)32-23-33(24)31(26-12-6-3-7-13-26,27-14-8-4-9-15-27)28-16-10-5-11-17-28/h3-17,20,23,25H,18-19,21-22H2,1-2H3. The maximum absolute atomic E-state index is 5.45. The number of hydrogen-bond donors (Lipinski definition) is 0. The molecule has 0 aliphatic heterocycles. The third kappa shape index (κ3) is 3.96. The summed E-state index contributed by atoms with van der Waals surface area (Å²) >= 11 is 0. The summed E-state index contributed by atoms with van der Waals surface area (Å²) in [5.41, 5.74) is 5.58. The van der Waals surface area contributed by atoms with Gasteiger partial charge >= 0.3 is 0 Å². The molecule has 0 saturated carbocycles. The monoisotopic (exact) mass is 448 g/mol. The maximum Gasteiger partial charge on any atom is 0.121 e. The summed E-state index contributed by atoms with van der Waals surface area (Å²) in [7, 11) is 1.77. The minimum atomic E-state index is -0.505. The van der Waals surface area contributed by atoms with E-state index in [1.807, 2.05) is 0 Å². The van der Waals surface area contributed by atoms with Crippen molar-refractivity contribution in [2.24, 2.45) is 5.92 Å². The van der Waals surface area contributed by atoms with Gasteiger partial charge in [0, 0.05) is 12.1 Å². The number of rotatable bonds is 7. The third-order valence-electron chi connectivity index (χ3n) is 7.27. The topological polar surface area (TPSA) is 27.1 Å². The Morgan fingerprint density at radius 3 is 1.82 bits per heavy atom. The van der Waals surface area contributed by atoms with Crippen LogP contribution in [0.25, 0.3) is 0 Å². The molecule has 0 amide bonds. The summed E-state index contributed by atoms with van der Waals surface area (Å²) in [4.78, 5) is 5.00. The van der Waals surface area contributed by atoms with Crippen molar-refractivity contribution in [3.05, 3.63) is 137 Å². The van der Waals surface area contributed by atoms with E-state index in [0.717, 1.165) is 31.4 Å². The Balaban J connectivity index is 1.66. The predicted octanol–water partition coefficient (Wildman–Crippen LogP) is 6.90. The Bertz CT molecular complexity index is 1150. The molecule has 34 heavy (non-hydrogen) atoms. The first-order chi connectivity index (χ1) is 16.7. The number of methoxy groups -OCH3 is 1. The lowest BCUT2D eigenvalue weighted by atomic mass is 9.76. The average molecular weight is 449 g/mol. The molecule has 0 fully saturated rings. The number of imidazole rings is 1. The lowest BCUT2D eigenvalue weighted by molar-refractivity contribution is 0.252. The Morgan fingerprint density at radius 1 is 0.853 bits per heavy atom. The summed E-state index contributed by atoms with van der Waals surface area (Å²) in [5.74, 6) is 1.72. The normalized spacial score (nSPS) is 16.2. The van der Waals surface area contributed by atoms with Gasteiger partial charge in [0.2, 0.25) is 0 Å². The molecule has 0 saturated heterocycles. The van der Waals surface area contributed by atoms with E-state index in [1.165, 1.54) is 28.1 Å². The van der Waals surface area contributed by atoms with Gasteiger partial charge in [-0.3, -0.25) is 0 Å². The molecule has 0 radical (unpaired) electrons. The predicted molar refractivity (Wildman–Crippen MR) is 138 cm³/mol. The minimum Gasteiger partial charge on any atom is -0.501 e. The smallest absolute Gasteiger partial charge is 0.121 e. The summed E-state index contributed by atoms with van der Waals surface area (Å²) < 4.78 is 7.84. The quantitative estimate of drug-likeness (QED) is 0.287. The highest BCUT2D eigenvalue weighted by atomic mass is 16.5. The van der Waals surface area contributed by atoms with Crippen LogP contribution in [0.1, 0.15) is 47.3 Å². The molecule has 3 aromatic carbocycles. The molecule has 1 aliphatic rings. The molecule has 172 valence electrons. The molecule has 3 heteroatoms. The van der Waals surface area contributed by atoms with Crippen molar-refractivity contribution in [3.63, 3.8) is 0 Å².